The molecule has 0 spiro atoms. The molecule has 9 heteroatoms. The Balaban J connectivity index is 2.09. The van der Waals surface area contributed by atoms with Crippen molar-refractivity contribution in [1.82, 2.24) is 9.88 Å². The van der Waals surface area contributed by atoms with E-state index in [0.717, 1.165) is 21.6 Å². The minimum Gasteiger partial charge on any atom is -0.494 e. The number of benzene rings is 1. The zero-order valence-electron chi connectivity index (χ0n) is 12.4. The van der Waals surface area contributed by atoms with E-state index in [-0.39, 0.29) is 22.5 Å². The first-order chi connectivity index (χ1) is 11.9. The van der Waals surface area contributed by atoms with Crippen LogP contribution in [0.1, 0.15) is 20.7 Å². The molecule has 0 saturated heterocycles. The van der Waals surface area contributed by atoms with E-state index in [9.17, 15) is 29.4 Å². The van der Waals surface area contributed by atoms with Crippen molar-refractivity contribution in [3.05, 3.63) is 47.5 Å². The number of imide groups is 2. The molecule has 1 aromatic carbocycles. The first-order valence-electron chi connectivity index (χ1n) is 7.09. The summed E-state index contributed by atoms with van der Waals surface area (Å²) in [5.74, 6) is -3.60. The highest BCUT2D eigenvalue weighted by atomic mass is 16.3. The number of amides is 4. The molecule has 9 nitrogen and oxygen atoms in total. The summed E-state index contributed by atoms with van der Waals surface area (Å²) in [6, 6.07) is 4.93. The van der Waals surface area contributed by atoms with Crippen LogP contribution in [0.5, 0.6) is 11.8 Å². The van der Waals surface area contributed by atoms with Crippen LogP contribution in [0.25, 0.3) is 5.69 Å². The van der Waals surface area contributed by atoms with Crippen molar-refractivity contribution in [2.75, 3.05) is 4.90 Å². The van der Waals surface area contributed by atoms with Crippen molar-refractivity contribution in [2.24, 2.45) is 0 Å². The first-order valence-corrected chi connectivity index (χ1v) is 7.09. The monoisotopic (exact) mass is 339 g/mol. The summed E-state index contributed by atoms with van der Waals surface area (Å²) in [5.41, 5.74) is -0.350. The van der Waals surface area contributed by atoms with Crippen molar-refractivity contribution >= 4 is 29.3 Å². The van der Waals surface area contributed by atoms with E-state index >= 15 is 0 Å². The molecule has 2 aliphatic heterocycles. The average Bonchev–Trinajstić information content (AvgIpc) is 3.17. The molecule has 2 aromatic rings. The van der Waals surface area contributed by atoms with E-state index in [1.165, 1.54) is 24.3 Å². The van der Waals surface area contributed by atoms with Gasteiger partial charge in [-0.25, -0.2) is 9.47 Å². The molecule has 0 fully saturated rings. The van der Waals surface area contributed by atoms with E-state index in [0.29, 0.717) is 0 Å². The number of aromatic nitrogens is 1. The maximum Gasteiger partial charge on any atom is 0.261 e. The third-order valence-electron chi connectivity index (χ3n) is 3.97. The molecule has 3 heterocycles. The summed E-state index contributed by atoms with van der Waals surface area (Å²) in [6.07, 6.45) is 2.11. The minimum absolute atomic E-state index is 0.00306. The van der Waals surface area contributed by atoms with Gasteiger partial charge in [-0.1, -0.05) is 0 Å². The molecular formula is C16H9N3O6. The number of rotatable bonds is 2. The van der Waals surface area contributed by atoms with Crippen LogP contribution in [0.3, 0.4) is 0 Å². The summed E-state index contributed by atoms with van der Waals surface area (Å²) < 4.78 is 0.880. The van der Waals surface area contributed by atoms with Crippen LogP contribution in [-0.2, 0) is 9.59 Å². The first kappa shape index (κ1) is 14.7. The number of carbonyl (C=O) groups excluding carboxylic acids is 4. The fraction of sp³-hybridized carbons (Fsp3) is 0. The molecule has 2 aliphatic rings. The third kappa shape index (κ3) is 1.89. The zero-order valence-corrected chi connectivity index (χ0v) is 12.4. The van der Waals surface area contributed by atoms with Crippen molar-refractivity contribution < 1.29 is 29.4 Å². The van der Waals surface area contributed by atoms with Gasteiger partial charge in [-0.2, -0.15) is 0 Å². The normalized spacial score (nSPS) is 15.9. The van der Waals surface area contributed by atoms with Gasteiger partial charge in [0, 0.05) is 24.3 Å². The zero-order chi connectivity index (χ0) is 17.9. The van der Waals surface area contributed by atoms with Crippen molar-refractivity contribution in [3.8, 4) is 17.4 Å². The molecular weight excluding hydrogens is 330 g/mol. The van der Waals surface area contributed by atoms with E-state index in [1.54, 1.807) is 0 Å². The van der Waals surface area contributed by atoms with Crippen LogP contribution in [0.2, 0.25) is 0 Å². The van der Waals surface area contributed by atoms with Gasteiger partial charge in [0.15, 0.2) is 11.8 Å². The van der Waals surface area contributed by atoms with Crippen LogP contribution in [0, 0.1) is 0 Å². The van der Waals surface area contributed by atoms with Gasteiger partial charge in [0.1, 0.15) is 0 Å². The predicted octanol–water partition coefficient (Wildman–Crippen LogP) is 0.201. The second kappa shape index (κ2) is 4.81. The highest BCUT2D eigenvalue weighted by molar-refractivity contribution is 6.30. The molecule has 0 aliphatic carbocycles. The smallest absolute Gasteiger partial charge is 0.261 e. The molecule has 1 aromatic heterocycles. The average molecular weight is 339 g/mol. The second-order valence-corrected chi connectivity index (χ2v) is 5.37. The number of hydrogen-bond acceptors (Lipinski definition) is 6. The summed E-state index contributed by atoms with van der Waals surface area (Å²) in [5, 5.41) is 22.2. The lowest BCUT2D eigenvalue weighted by molar-refractivity contribution is -0.120. The molecule has 25 heavy (non-hydrogen) atoms. The standard InChI is InChI=1S/C16H9N3O6/c20-9-3-4-10(21)18(9)8-2-1-7-13(16(25)17-15(7)24)14(8)19-11(22)5-6-12(19)23/h1-6,22-23H,(H,17,24,25). The Morgan fingerprint density at radius 2 is 1.40 bits per heavy atom. The Morgan fingerprint density at radius 1 is 0.800 bits per heavy atom. The van der Waals surface area contributed by atoms with Crippen LogP contribution in [-0.4, -0.2) is 38.4 Å². The van der Waals surface area contributed by atoms with Crippen LogP contribution in [0.4, 0.5) is 5.69 Å². The number of hydrogen-bond donors (Lipinski definition) is 3. The van der Waals surface area contributed by atoms with Crippen LogP contribution in [0.15, 0.2) is 36.4 Å². The number of nitrogens with zero attached hydrogens (tertiary/aromatic N) is 2. The van der Waals surface area contributed by atoms with Crippen molar-refractivity contribution in [3.63, 3.8) is 0 Å². The van der Waals surface area contributed by atoms with E-state index in [2.05, 4.69) is 5.32 Å². The van der Waals surface area contributed by atoms with Crippen molar-refractivity contribution in [1.29, 1.82) is 0 Å². The number of fused-ring (bicyclic) bond motifs is 1. The number of nitrogens with one attached hydrogen (secondary N) is 1. The molecule has 4 rings (SSSR count). The van der Waals surface area contributed by atoms with Crippen LogP contribution < -0.4 is 10.2 Å². The summed E-state index contributed by atoms with van der Waals surface area (Å²) in [4.78, 5) is 49.0. The molecule has 0 radical (unpaired) electrons. The fourth-order valence-electron chi connectivity index (χ4n) is 2.92. The Morgan fingerprint density at radius 3 is 2.00 bits per heavy atom. The highest BCUT2D eigenvalue weighted by Crippen LogP contribution is 2.39. The van der Waals surface area contributed by atoms with Gasteiger partial charge in [-0.05, 0) is 12.1 Å². The molecule has 124 valence electrons. The molecule has 0 unspecified atom stereocenters. The fourth-order valence-corrected chi connectivity index (χ4v) is 2.92. The van der Waals surface area contributed by atoms with Gasteiger partial charge in [0.05, 0.1) is 22.5 Å². The summed E-state index contributed by atoms with van der Waals surface area (Å²) in [6.45, 7) is 0. The summed E-state index contributed by atoms with van der Waals surface area (Å²) in [7, 11) is 0. The Hall–Kier alpha value is -3.88. The van der Waals surface area contributed by atoms with E-state index in [4.69, 9.17) is 0 Å². The van der Waals surface area contributed by atoms with Gasteiger partial charge in [-0.3, -0.25) is 24.5 Å². The number of anilines is 1. The Kier molecular flexibility index (Phi) is 2.83. The summed E-state index contributed by atoms with van der Waals surface area (Å²) >= 11 is 0. The highest BCUT2D eigenvalue weighted by Gasteiger charge is 2.37. The lowest BCUT2D eigenvalue weighted by atomic mass is 10.0. The van der Waals surface area contributed by atoms with Gasteiger partial charge >= 0.3 is 0 Å². The third-order valence-corrected chi connectivity index (χ3v) is 3.97. The largest absolute Gasteiger partial charge is 0.494 e. The van der Waals surface area contributed by atoms with Gasteiger partial charge in [0.2, 0.25) is 0 Å². The Labute approximate surface area is 139 Å². The van der Waals surface area contributed by atoms with Crippen molar-refractivity contribution in [2.45, 2.75) is 0 Å². The molecule has 4 amide bonds. The molecule has 3 N–H and O–H groups in total. The van der Waals surface area contributed by atoms with Gasteiger partial charge in [0.25, 0.3) is 23.6 Å². The lowest BCUT2D eigenvalue weighted by Gasteiger charge is -2.21. The molecule has 0 bridgehead atoms. The second-order valence-electron chi connectivity index (χ2n) is 5.37. The topological polar surface area (TPSA) is 129 Å². The SMILES string of the molecule is O=C1NC(=O)c2c1ccc(N1C(=O)C=CC1=O)c2-n1c(O)ccc1O. The maximum absolute atomic E-state index is 12.2. The van der Waals surface area contributed by atoms with E-state index in [1.807, 2.05) is 0 Å². The lowest BCUT2D eigenvalue weighted by Crippen LogP contribution is -2.31. The minimum atomic E-state index is -0.767. The quantitative estimate of drug-likeness (QED) is 0.671. The maximum atomic E-state index is 12.2. The molecule has 0 atom stereocenters. The van der Waals surface area contributed by atoms with Crippen LogP contribution >= 0.6 is 0 Å². The van der Waals surface area contributed by atoms with E-state index < -0.39 is 35.4 Å². The van der Waals surface area contributed by atoms with Gasteiger partial charge in [-0.15, -0.1) is 0 Å². The molecule has 0 saturated carbocycles. The number of carbonyl (C=O) groups is 4. The Bertz CT molecular complexity index is 995. The number of aromatic hydroxyl groups is 2. The predicted molar refractivity (Wildman–Crippen MR) is 82.5 cm³/mol. The van der Waals surface area contributed by atoms with Gasteiger partial charge < -0.3 is 10.2 Å².